The van der Waals surface area contributed by atoms with Crippen LogP contribution in [0.1, 0.15) is 38.2 Å². The van der Waals surface area contributed by atoms with Gasteiger partial charge in [-0.3, -0.25) is 0 Å². The summed E-state index contributed by atoms with van der Waals surface area (Å²) in [5.74, 6) is 0.583. The molecular formula is C21H23NO3S. The van der Waals surface area contributed by atoms with E-state index in [2.05, 4.69) is 6.92 Å². The van der Waals surface area contributed by atoms with Crippen LogP contribution in [0.3, 0.4) is 0 Å². The monoisotopic (exact) mass is 369 g/mol. The number of sulfone groups is 1. The number of nitriles is 1. The molecule has 2 aromatic carbocycles. The molecular weight excluding hydrogens is 346 g/mol. The number of unbranched alkanes of at least 4 members (excludes halogenated alkanes) is 3. The van der Waals surface area contributed by atoms with Crippen molar-refractivity contribution >= 4 is 15.9 Å². The molecule has 0 fully saturated rings. The van der Waals surface area contributed by atoms with Gasteiger partial charge < -0.3 is 4.74 Å². The molecule has 0 unspecified atom stereocenters. The molecule has 0 saturated heterocycles. The van der Waals surface area contributed by atoms with E-state index < -0.39 is 9.84 Å². The van der Waals surface area contributed by atoms with Gasteiger partial charge in [-0.2, -0.15) is 5.26 Å². The predicted molar refractivity (Wildman–Crippen MR) is 103 cm³/mol. The summed E-state index contributed by atoms with van der Waals surface area (Å²) in [6, 6.07) is 16.9. The van der Waals surface area contributed by atoms with Crippen molar-refractivity contribution < 1.29 is 13.2 Å². The zero-order valence-electron chi connectivity index (χ0n) is 14.9. The maximum Gasteiger partial charge on any atom is 0.216 e. The first kappa shape index (κ1) is 19.7. The molecule has 26 heavy (non-hydrogen) atoms. The maximum absolute atomic E-state index is 12.7. The average molecular weight is 369 g/mol. The van der Waals surface area contributed by atoms with Gasteiger partial charge in [-0.1, -0.05) is 62.6 Å². The summed E-state index contributed by atoms with van der Waals surface area (Å²) in [4.78, 5) is -0.198. The third-order valence-electron chi connectivity index (χ3n) is 3.91. The van der Waals surface area contributed by atoms with Crippen LogP contribution < -0.4 is 4.74 Å². The Hall–Kier alpha value is -2.58. The summed E-state index contributed by atoms with van der Waals surface area (Å²) in [6.07, 6.45) is 5.74. The fourth-order valence-electron chi connectivity index (χ4n) is 2.48. The molecule has 5 heteroatoms. The minimum absolute atomic E-state index is 0.103. The Labute approximate surface area is 155 Å². The first-order valence-electron chi connectivity index (χ1n) is 8.73. The summed E-state index contributed by atoms with van der Waals surface area (Å²) in [7, 11) is -3.85. The van der Waals surface area contributed by atoms with Crippen molar-refractivity contribution in [2.75, 3.05) is 6.61 Å². The third kappa shape index (κ3) is 5.21. The van der Waals surface area contributed by atoms with E-state index in [0.29, 0.717) is 17.9 Å². The van der Waals surface area contributed by atoms with Crippen LogP contribution in [-0.4, -0.2) is 15.0 Å². The second kappa shape index (κ2) is 9.79. The van der Waals surface area contributed by atoms with Gasteiger partial charge in [0.2, 0.25) is 9.84 Å². The molecule has 2 aromatic rings. The summed E-state index contributed by atoms with van der Waals surface area (Å²) >= 11 is 0. The van der Waals surface area contributed by atoms with Gasteiger partial charge in [0.15, 0.2) is 0 Å². The van der Waals surface area contributed by atoms with Crippen LogP contribution in [0.25, 0.3) is 6.08 Å². The molecule has 4 nitrogen and oxygen atoms in total. The number of nitrogens with zero attached hydrogens (tertiary/aromatic N) is 1. The molecule has 0 aliphatic heterocycles. The third-order valence-corrected chi connectivity index (χ3v) is 5.60. The van der Waals surface area contributed by atoms with E-state index in [4.69, 9.17) is 4.74 Å². The van der Waals surface area contributed by atoms with Crippen LogP contribution in [0, 0.1) is 11.3 Å². The number of hydrogen-bond donors (Lipinski definition) is 0. The molecule has 0 saturated carbocycles. The van der Waals surface area contributed by atoms with E-state index in [-0.39, 0.29) is 9.80 Å². The van der Waals surface area contributed by atoms with Gasteiger partial charge in [-0.25, -0.2) is 8.42 Å². The summed E-state index contributed by atoms with van der Waals surface area (Å²) in [6.45, 7) is 2.72. The molecule has 0 bridgehead atoms. The van der Waals surface area contributed by atoms with E-state index in [9.17, 15) is 13.7 Å². The molecule has 0 atom stereocenters. The normalized spacial score (nSPS) is 11.8. The minimum Gasteiger partial charge on any atom is -0.493 e. The lowest BCUT2D eigenvalue weighted by Gasteiger charge is -2.10. The van der Waals surface area contributed by atoms with Crippen LogP contribution in [0.2, 0.25) is 0 Å². The highest BCUT2D eigenvalue weighted by Crippen LogP contribution is 2.25. The zero-order chi connectivity index (χ0) is 18.8. The summed E-state index contributed by atoms with van der Waals surface area (Å²) in [5, 5.41) is 9.41. The van der Waals surface area contributed by atoms with Gasteiger partial charge in [0.1, 0.15) is 16.7 Å². The van der Waals surface area contributed by atoms with Crippen molar-refractivity contribution in [1.82, 2.24) is 0 Å². The van der Waals surface area contributed by atoms with Crippen molar-refractivity contribution in [3.05, 3.63) is 65.1 Å². The Kier molecular flexibility index (Phi) is 7.43. The molecule has 0 amide bonds. The number of para-hydroxylation sites is 1. The lowest BCUT2D eigenvalue weighted by atomic mass is 10.2. The van der Waals surface area contributed by atoms with Crippen LogP contribution >= 0.6 is 0 Å². The molecule has 0 aliphatic rings. The highest BCUT2D eigenvalue weighted by Gasteiger charge is 2.21. The second-order valence-electron chi connectivity index (χ2n) is 5.88. The van der Waals surface area contributed by atoms with Crippen molar-refractivity contribution in [1.29, 1.82) is 5.26 Å². The average Bonchev–Trinajstić information content (AvgIpc) is 2.67. The van der Waals surface area contributed by atoms with Crippen LogP contribution in [0.5, 0.6) is 5.75 Å². The van der Waals surface area contributed by atoms with Gasteiger partial charge in [-0.05, 0) is 30.7 Å². The number of rotatable bonds is 9. The standard InChI is InChI=1S/C21H23NO3S/c1-2-3-4-10-15-25-21-14-9-8-11-18(21)16-20(17-22)26(23,24)19-12-6-5-7-13-19/h5-9,11-14,16H,2-4,10,15H2,1H3. The lowest BCUT2D eigenvalue weighted by Crippen LogP contribution is -2.04. The Morgan fingerprint density at radius 2 is 1.73 bits per heavy atom. The van der Waals surface area contributed by atoms with Crippen molar-refractivity contribution in [3.63, 3.8) is 0 Å². The Morgan fingerprint density at radius 3 is 2.42 bits per heavy atom. The zero-order valence-corrected chi connectivity index (χ0v) is 15.7. The topological polar surface area (TPSA) is 67.2 Å². The van der Waals surface area contributed by atoms with Gasteiger partial charge >= 0.3 is 0 Å². The van der Waals surface area contributed by atoms with Crippen LogP contribution in [-0.2, 0) is 9.84 Å². The second-order valence-corrected chi connectivity index (χ2v) is 7.80. The molecule has 2 rings (SSSR count). The fourth-order valence-corrected chi connectivity index (χ4v) is 3.65. The molecule has 0 heterocycles. The molecule has 0 aromatic heterocycles. The van der Waals surface area contributed by atoms with Gasteiger partial charge in [0, 0.05) is 5.56 Å². The highest BCUT2D eigenvalue weighted by atomic mass is 32.2. The molecule has 0 spiro atoms. The minimum atomic E-state index is -3.85. The van der Waals surface area contributed by atoms with E-state index in [1.165, 1.54) is 24.6 Å². The first-order valence-corrected chi connectivity index (χ1v) is 10.2. The van der Waals surface area contributed by atoms with E-state index in [1.807, 2.05) is 12.1 Å². The Balaban J connectivity index is 2.26. The van der Waals surface area contributed by atoms with E-state index >= 15 is 0 Å². The van der Waals surface area contributed by atoms with Crippen molar-refractivity contribution in [2.24, 2.45) is 0 Å². The smallest absolute Gasteiger partial charge is 0.216 e. The number of allylic oxidation sites excluding steroid dienone is 1. The van der Waals surface area contributed by atoms with E-state index in [0.717, 1.165) is 19.3 Å². The van der Waals surface area contributed by atoms with Crippen LogP contribution in [0.4, 0.5) is 0 Å². The van der Waals surface area contributed by atoms with E-state index in [1.54, 1.807) is 36.4 Å². The Morgan fingerprint density at radius 1 is 1.04 bits per heavy atom. The van der Waals surface area contributed by atoms with Crippen molar-refractivity contribution in [3.8, 4) is 11.8 Å². The van der Waals surface area contributed by atoms with Gasteiger partial charge in [0.25, 0.3) is 0 Å². The van der Waals surface area contributed by atoms with Crippen LogP contribution in [0.15, 0.2) is 64.4 Å². The lowest BCUT2D eigenvalue weighted by molar-refractivity contribution is 0.304. The first-order chi connectivity index (χ1) is 12.6. The van der Waals surface area contributed by atoms with Gasteiger partial charge in [-0.15, -0.1) is 0 Å². The SMILES string of the molecule is CCCCCCOc1ccccc1C=C(C#N)S(=O)(=O)c1ccccc1. The fraction of sp³-hybridized carbons (Fsp3) is 0.286. The summed E-state index contributed by atoms with van der Waals surface area (Å²) in [5.41, 5.74) is 0.582. The highest BCUT2D eigenvalue weighted by molar-refractivity contribution is 7.95. The van der Waals surface area contributed by atoms with Crippen molar-refractivity contribution in [2.45, 2.75) is 37.5 Å². The molecule has 0 N–H and O–H groups in total. The predicted octanol–water partition coefficient (Wildman–Crippen LogP) is 4.98. The molecule has 0 aliphatic carbocycles. The number of hydrogen-bond acceptors (Lipinski definition) is 4. The number of ether oxygens (including phenoxy) is 1. The molecule has 0 radical (unpaired) electrons. The summed E-state index contributed by atoms with van der Waals surface area (Å²) < 4.78 is 31.2. The Bertz CT molecular complexity index is 881. The maximum atomic E-state index is 12.7. The number of benzene rings is 2. The molecule has 136 valence electrons. The largest absolute Gasteiger partial charge is 0.493 e. The quantitative estimate of drug-likeness (QED) is 0.461. The van der Waals surface area contributed by atoms with Gasteiger partial charge in [0.05, 0.1) is 11.5 Å².